The van der Waals surface area contributed by atoms with Gasteiger partial charge in [-0.05, 0) is 52.2 Å². The van der Waals surface area contributed by atoms with Gasteiger partial charge in [-0.15, -0.1) is 0 Å². The molecule has 1 rings (SSSR count). The molecule has 0 saturated heterocycles. The van der Waals surface area contributed by atoms with Crippen LogP contribution in [0, 0.1) is 0 Å². The minimum atomic E-state index is -1.39. The molecule has 0 aromatic rings. The molecule has 0 spiro atoms. The van der Waals surface area contributed by atoms with E-state index in [-0.39, 0.29) is 0 Å². The fourth-order valence-electron chi connectivity index (χ4n) is 2.11. The molecule has 0 bridgehead atoms. The molecule has 0 aliphatic heterocycles. The maximum Gasteiger partial charge on any atom is 0.187 e. The predicted molar refractivity (Wildman–Crippen MR) is 69.6 cm³/mol. The molecule has 0 aromatic carbocycles. The van der Waals surface area contributed by atoms with E-state index in [1.807, 2.05) is 0 Å². The number of allylic oxidation sites excluding steroid dienone is 4. The summed E-state index contributed by atoms with van der Waals surface area (Å²) in [5, 5.41) is 0. The van der Waals surface area contributed by atoms with Gasteiger partial charge < -0.3 is 4.43 Å². The highest BCUT2D eigenvalue weighted by atomic mass is 28.4. The molecule has 0 amide bonds. The van der Waals surface area contributed by atoms with Crippen LogP contribution in [0.15, 0.2) is 23.8 Å². The third-order valence-electron chi connectivity index (χ3n) is 2.65. The maximum atomic E-state index is 6.00. The SMILES string of the molecule is CC(C)O[Si](C)(C)CCCC1=CCC=C1. The molecule has 0 unspecified atom stereocenters. The Morgan fingerprint density at radius 1 is 1.40 bits per heavy atom. The number of hydrogen-bond donors (Lipinski definition) is 0. The van der Waals surface area contributed by atoms with E-state index in [0.29, 0.717) is 6.10 Å². The van der Waals surface area contributed by atoms with Crippen LogP contribution in [0.3, 0.4) is 0 Å². The van der Waals surface area contributed by atoms with Crippen molar-refractivity contribution in [3.05, 3.63) is 23.8 Å². The van der Waals surface area contributed by atoms with Gasteiger partial charge in [-0.3, -0.25) is 0 Å². The molecule has 0 saturated carbocycles. The summed E-state index contributed by atoms with van der Waals surface area (Å²) in [6.45, 7) is 8.92. The van der Waals surface area contributed by atoms with E-state index in [4.69, 9.17) is 4.43 Å². The molecule has 1 nitrogen and oxygen atoms in total. The van der Waals surface area contributed by atoms with Crippen LogP contribution in [0.4, 0.5) is 0 Å². The lowest BCUT2D eigenvalue weighted by Crippen LogP contribution is -2.33. The minimum absolute atomic E-state index is 0.386. The van der Waals surface area contributed by atoms with E-state index in [1.165, 1.54) is 24.5 Å². The lowest BCUT2D eigenvalue weighted by atomic mass is 10.2. The molecule has 1 aliphatic carbocycles. The van der Waals surface area contributed by atoms with Crippen LogP contribution < -0.4 is 0 Å². The van der Waals surface area contributed by atoms with E-state index in [0.717, 1.165) is 6.42 Å². The van der Waals surface area contributed by atoms with Gasteiger partial charge in [0.05, 0.1) is 0 Å². The molecule has 2 heteroatoms. The predicted octanol–water partition coefficient (Wildman–Crippen LogP) is 4.28. The smallest absolute Gasteiger partial charge is 0.187 e. The zero-order valence-corrected chi connectivity index (χ0v) is 11.5. The van der Waals surface area contributed by atoms with Crippen molar-refractivity contribution >= 4 is 8.32 Å². The van der Waals surface area contributed by atoms with E-state index >= 15 is 0 Å². The van der Waals surface area contributed by atoms with Gasteiger partial charge in [-0.2, -0.15) is 0 Å². The van der Waals surface area contributed by atoms with Crippen molar-refractivity contribution in [2.75, 3.05) is 0 Å². The third kappa shape index (κ3) is 5.33. The van der Waals surface area contributed by atoms with Crippen molar-refractivity contribution in [1.29, 1.82) is 0 Å². The largest absolute Gasteiger partial charge is 0.415 e. The van der Waals surface area contributed by atoms with Crippen molar-refractivity contribution in [3.63, 3.8) is 0 Å². The zero-order chi connectivity index (χ0) is 11.3. The van der Waals surface area contributed by atoms with Crippen molar-refractivity contribution in [3.8, 4) is 0 Å². The maximum absolute atomic E-state index is 6.00. The standard InChI is InChI=1S/C13H24OSi/c1-12(2)14-15(3,4)11-7-10-13-8-5-6-9-13/h5,8-9,12H,6-7,10-11H2,1-4H3. The fourth-order valence-corrected chi connectivity index (χ4v) is 4.53. The molecule has 0 atom stereocenters. The van der Waals surface area contributed by atoms with E-state index in [9.17, 15) is 0 Å². The molecule has 1 aliphatic rings. The first kappa shape index (κ1) is 12.7. The fraction of sp³-hybridized carbons (Fsp3) is 0.692. The summed E-state index contributed by atoms with van der Waals surface area (Å²) in [4.78, 5) is 0. The molecular formula is C13H24OSi. The third-order valence-corrected chi connectivity index (χ3v) is 5.31. The Labute approximate surface area is 95.4 Å². The zero-order valence-electron chi connectivity index (χ0n) is 10.5. The first-order chi connectivity index (χ1) is 6.99. The molecule has 0 N–H and O–H groups in total. The van der Waals surface area contributed by atoms with Crippen LogP contribution in [-0.4, -0.2) is 14.4 Å². The van der Waals surface area contributed by atoms with Gasteiger partial charge >= 0.3 is 0 Å². The van der Waals surface area contributed by atoms with Crippen LogP contribution in [-0.2, 0) is 4.43 Å². The quantitative estimate of drug-likeness (QED) is 0.612. The summed E-state index contributed by atoms with van der Waals surface area (Å²) in [6, 6.07) is 1.27. The summed E-state index contributed by atoms with van der Waals surface area (Å²) in [7, 11) is -1.39. The van der Waals surface area contributed by atoms with Crippen LogP contribution in [0.2, 0.25) is 19.1 Å². The van der Waals surface area contributed by atoms with Crippen molar-refractivity contribution in [2.45, 2.75) is 58.4 Å². The van der Waals surface area contributed by atoms with Gasteiger partial charge in [-0.1, -0.05) is 23.8 Å². The average molecular weight is 224 g/mol. The monoisotopic (exact) mass is 224 g/mol. The van der Waals surface area contributed by atoms with E-state index in [1.54, 1.807) is 0 Å². The van der Waals surface area contributed by atoms with E-state index in [2.05, 4.69) is 45.2 Å². The van der Waals surface area contributed by atoms with Crippen LogP contribution in [0.1, 0.15) is 33.1 Å². The van der Waals surface area contributed by atoms with Gasteiger partial charge in [-0.25, -0.2) is 0 Å². The van der Waals surface area contributed by atoms with Gasteiger partial charge in [0, 0.05) is 6.10 Å². The second-order valence-electron chi connectivity index (χ2n) is 5.20. The van der Waals surface area contributed by atoms with Gasteiger partial charge in [0.25, 0.3) is 0 Å². The Balaban J connectivity index is 2.20. The Kier molecular flexibility index (Phi) is 4.80. The second-order valence-corrected chi connectivity index (χ2v) is 9.45. The second kappa shape index (κ2) is 5.66. The molecular weight excluding hydrogens is 200 g/mol. The first-order valence-electron chi connectivity index (χ1n) is 6.03. The first-order valence-corrected chi connectivity index (χ1v) is 9.14. The van der Waals surface area contributed by atoms with Crippen LogP contribution in [0.25, 0.3) is 0 Å². The topological polar surface area (TPSA) is 9.23 Å². The average Bonchev–Trinajstić information content (AvgIpc) is 2.53. The lowest BCUT2D eigenvalue weighted by molar-refractivity contribution is 0.231. The minimum Gasteiger partial charge on any atom is -0.415 e. The summed E-state index contributed by atoms with van der Waals surface area (Å²) in [6.07, 6.45) is 10.9. The summed E-state index contributed by atoms with van der Waals surface area (Å²) < 4.78 is 6.00. The summed E-state index contributed by atoms with van der Waals surface area (Å²) in [5.74, 6) is 0. The lowest BCUT2D eigenvalue weighted by Gasteiger charge is -2.25. The number of hydrogen-bond acceptors (Lipinski definition) is 1. The Morgan fingerprint density at radius 2 is 2.13 bits per heavy atom. The highest BCUT2D eigenvalue weighted by Gasteiger charge is 2.23. The highest BCUT2D eigenvalue weighted by molar-refractivity contribution is 6.71. The normalized spacial score (nSPS) is 16.2. The summed E-state index contributed by atoms with van der Waals surface area (Å²) in [5.41, 5.74) is 1.52. The summed E-state index contributed by atoms with van der Waals surface area (Å²) >= 11 is 0. The molecule has 86 valence electrons. The van der Waals surface area contributed by atoms with Gasteiger partial charge in [0.15, 0.2) is 8.32 Å². The molecule has 0 aromatic heterocycles. The van der Waals surface area contributed by atoms with Crippen molar-refractivity contribution < 1.29 is 4.43 Å². The van der Waals surface area contributed by atoms with Crippen molar-refractivity contribution in [2.24, 2.45) is 0 Å². The molecule has 0 fully saturated rings. The highest BCUT2D eigenvalue weighted by Crippen LogP contribution is 2.21. The van der Waals surface area contributed by atoms with Crippen molar-refractivity contribution in [1.82, 2.24) is 0 Å². The number of rotatable bonds is 6. The van der Waals surface area contributed by atoms with Gasteiger partial charge in [0.2, 0.25) is 0 Å². The molecule has 0 radical (unpaired) electrons. The molecule has 0 heterocycles. The van der Waals surface area contributed by atoms with Crippen LogP contribution in [0.5, 0.6) is 0 Å². The Hall–Kier alpha value is -0.343. The van der Waals surface area contributed by atoms with E-state index < -0.39 is 8.32 Å². The molecule has 15 heavy (non-hydrogen) atoms. The Morgan fingerprint density at radius 3 is 2.67 bits per heavy atom. The van der Waals surface area contributed by atoms with Crippen LogP contribution >= 0.6 is 0 Å². The van der Waals surface area contributed by atoms with Gasteiger partial charge in [0.1, 0.15) is 0 Å². The Bertz CT molecular complexity index is 251.